The third kappa shape index (κ3) is 31.8. The van der Waals surface area contributed by atoms with E-state index in [0.29, 0.717) is 77.0 Å². The van der Waals surface area contributed by atoms with Crippen molar-refractivity contribution in [3.63, 3.8) is 0 Å². The molecule has 4 saturated heterocycles. The standard InChI is InChI=1S/C102H145FN18O21S/c1-15-17-30-77-91(133)110-69(47-58(3)4)89(131)115-75(86(104)128)56-143-57-83(123)107-72(49-60-36-38-63(103)39-37-60)97(139)119-44-24-23-33-78(119)94(136)114-74(52-84(124)125)98(140)121-46-25-34-79(121)92(134)109-67(40-41-82(122)101(7,8)9)87(129)112-71(48-59(5)6)96(138)120-45-26-35-80(120)93(135)111-70(50-61-53-106-66-29-21-19-27-64(61)66)90(132)108-68(42-43-105-100(142)102(10,11)12)88(130)113-73(95(137)117(14)81(31-18-16-2)99(141)116(77)13)51-62-54-118(55-85(126)127)76-32-22-20-28-65(62)76/h19-22,27-29,32,36-39,53-54,58-59,67-75,77-81,106H,15-18,23-26,30-31,33-35,40-52,55-57H2,1-14H3,(H2,104,128)(H,105,142)(H,107,123)(H,108,132)(H,109,134)(H,110,133)(H,111,135)(H,112,129)(H,113,130)(H,114,136)(H,115,131)(H,124,125)(H,126,127)/t67-,68-,69-,70-,71-,72-,73-,74-,75-,77-,78-,79-,80-,81-/m0/s1. The van der Waals surface area contributed by atoms with Crippen molar-refractivity contribution in [1.29, 1.82) is 0 Å². The van der Waals surface area contributed by atoms with Crippen molar-refractivity contribution >= 4 is 146 Å². The molecule has 0 saturated carbocycles. The van der Waals surface area contributed by atoms with Crippen LogP contribution in [0.25, 0.3) is 21.8 Å². The van der Waals surface area contributed by atoms with Gasteiger partial charge in [-0.25, -0.2) is 4.39 Å². The van der Waals surface area contributed by atoms with Crippen LogP contribution in [0, 0.1) is 28.5 Å². The summed E-state index contributed by atoms with van der Waals surface area (Å²) in [6.45, 7) is 19.6. The number of nitrogens with zero attached hydrogens (tertiary/aromatic N) is 6. The Morgan fingerprint density at radius 1 is 0.490 bits per heavy atom. The van der Waals surface area contributed by atoms with Crippen LogP contribution >= 0.6 is 11.8 Å². The number of likely N-dealkylation sites (N-methyl/N-ethyl adjacent to an activating group) is 2. The molecule has 4 fully saturated rings. The van der Waals surface area contributed by atoms with Gasteiger partial charge in [0.1, 0.15) is 103 Å². The van der Waals surface area contributed by atoms with Gasteiger partial charge in [-0.15, -0.1) is 11.8 Å². The number of rotatable bonds is 27. The van der Waals surface area contributed by atoms with Gasteiger partial charge in [0.15, 0.2) is 0 Å². The van der Waals surface area contributed by atoms with Crippen molar-refractivity contribution in [3.05, 3.63) is 108 Å². The van der Waals surface area contributed by atoms with Crippen molar-refractivity contribution < 1.29 is 106 Å². The number of primary amides is 1. The zero-order chi connectivity index (χ0) is 105. The average Bonchev–Trinajstić information content (AvgIpc) is 1.67. The van der Waals surface area contributed by atoms with E-state index in [2.05, 4.69) is 58.2 Å². The molecule has 143 heavy (non-hydrogen) atoms. The molecule has 39 nitrogen and oxygen atoms in total. The minimum absolute atomic E-state index is 0.0171. The predicted molar refractivity (Wildman–Crippen MR) is 532 cm³/mol. The number of aromatic nitrogens is 2. The molecule has 4 aliphatic heterocycles. The second kappa shape index (κ2) is 52.4. The van der Waals surface area contributed by atoms with Crippen LogP contribution in [0.2, 0.25) is 0 Å². The van der Waals surface area contributed by atoms with E-state index < -0.39 is 226 Å². The monoisotopic (exact) mass is 2010 g/mol. The number of ketones is 1. The van der Waals surface area contributed by atoms with E-state index in [4.69, 9.17) is 5.73 Å². The maximum Gasteiger partial charge on any atom is 0.323 e. The molecule has 0 unspecified atom stereocenters. The number of para-hydroxylation sites is 2. The second-order valence-corrected chi connectivity index (χ2v) is 41.8. The summed E-state index contributed by atoms with van der Waals surface area (Å²) in [5, 5.41) is 49.5. The van der Waals surface area contributed by atoms with Gasteiger partial charge in [-0.05, 0) is 136 Å². The minimum Gasteiger partial charge on any atom is -0.481 e. The molecule has 4 aliphatic rings. The highest BCUT2D eigenvalue weighted by atomic mass is 32.2. The van der Waals surface area contributed by atoms with Crippen molar-refractivity contribution in [2.45, 2.75) is 315 Å². The first-order valence-electron chi connectivity index (χ1n) is 49.7. The quantitative estimate of drug-likeness (QED) is 0.0333. The molecule has 782 valence electrons. The number of fused-ring (bicyclic) bond motifs is 5. The number of nitrogens with two attached hydrogens (primary N) is 1. The summed E-state index contributed by atoms with van der Waals surface area (Å²) in [5.74, 6) is -19.1. The normalized spacial score (nSPS) is 24.3. The fourth-order valence-corrected chi connectivity index (χ4v) is 19.5. The van der Waals surface area contributed by atoms with Gasteiger partial charge in [-0.3, -0.25) is 91.1 Å². The number of benzene rings is 3. The highest BCUT2D eigenvalue weighted by Crippen LogP contribution is 2.31. The molecule has 41 heteroatoms. The van der Waals surface area contributed by atoms with Gasteiger partial charge >= 0.3 is 11.9 Å². The van der Waals surface area contributed by atoms with Gasteiger partial charge in [-0.2, -0.15) is 0 Å². The van der Waals surface area contributed by atoms with Crippen LogP contribution in [0.4, 0.5) is 4.39 Å². The predicted octanol–water partition coefficient (Wildman–Crippen LogP) is 4.88. The molecular weight excluding hydrogens is 1860 g/mol. The summed E-state index contributed by atoms with van der Waals surface area (Å²) in [6.07, 6.45) is 2.77. The molecular formula is C102H145FN18O21S. The van der Waals surface area contributed by atoms with Crippen LogP contribution in [-0.2, 0) is 117 Å². The van der Waals surface area contributed by atoms with Crippen molar-refractivity contribution in [1.82, 2.24) is 87.2 Å². The number of carboxylic acid groups (broad SMARTS) is 2. The number of aliphatic carboxylic acids is 2. The maximum absolute atomic E-state index is 16.2. The molecule has 0 bridgehead atoms. The number of nitrogens with one attached hydrogen (secondary N) is 11. The van der Waals surface area contributed by atoms with Crippen LogP contribution in [0.1, 0.15) is 222 Å². The molecule has 3 aromatic carbocycles. The van der Waals surface area contributed by atoms with Crippen LogP contribution in [0.15, 0.2) is 85.2 Å². The molecule has 5 aromatic rings. The van der Waals surface area contributed by atoms with Crippen molar-refractivity contribution in [2.75, 3.05) is 51.8 Å². The van der Waals surface area contributed by atoms with E-state index in [1.807, 2.05) is 13.8 Å². The number of carboxylic acids is 2. The highest BCUT2D eigenvalue weighted by Gasteiger charge is 2.47. The number of hydrogen-bond donors (Lipinski definition) is 14. The van der Waals surface area contributed by atoms with E-state index >= 15 is 52.7 Å². The van der Waals surface area contributed by atoms with Gasteiger partial charge in [0.2, 0.25) is 94.5 Å². The first-order valence-corrected chi connectivity index (χ1v) is 50.9. The molecule has 14 atom stereocenters. The lowest BCUT2D eigenvalue weighted by Gasteiger charge is -2.38. The number of thioether (sulfide) groups is 1. The van der Waals surface area contributed by atoms with Crippen molar-refractivity contribution in [3.8, 4) is 0 Å². The topological polar surface area (TPSA) is 548 Å². The number of halogens is 1. The van der Waals surface area contributed by atoms with Gasteiger partial charge in [-0.1, -0.05) is 157 Å². The molecule has 2 aromatic heterocycles. The van der Waals surface area contributed by atoms with Crippen LogP contribution < -0.4 is 58.9 Å². The first-order chi connectivity index (χ1) is 67.6. The zero-order valence-corrected chi connectivity index (χ0v) is 85.3. The lowest BCUT2D eigenvalue weighted by Crippen LogP contribution is -2.61. The number of Topliss-reactive ketones (excluding diaryl/α,β-unsaturated/α-hetero) is 1. The molecule has 9 rings (SSSR count). The van der Waals surface area contributed by atoms with E-state index in [0.717, 1.165) is 33.7 Å². The van der Waals surface area contributed by atoms with E-state index in [-0.39, 0.29) is 146 Å². The number of unbranched alkanes of at least 4 members (excludes halogenated alkanes) is 2. The summed E-state index contributed by atoms with van der Waals surface area (Å²) in [6, 6.07) is -2.38. The number of aromatic amines is 1. The number of hydrogen-bond acceptors (Lipinski definition) is 20. The van der Waals surface area contributed by atoms with Crippen LogP contribution in [0.5, 0.6) is 0 Å². The van der Waals surface area contributed by atoms with E-state index in [1.165, 1.54) is 51.7 Å². The van der Waals surface area contributed by atoms with Gasteiger partial charge in [0, 0.05) is 117 Å². The Balaban J connectivity index is 1.14. The maximum atomic E-state index is 16.2. The Morgan fingerprint density at radius 2 is 0.972 bits per heavy atom. The Morgan fingerprint density at radius 3 is 1.55 bits per heavy atom. The molecule has 15 N–H and O–H groups in total. The van der Waals surface area contributed by atoms with Crippen LogP contribution in [-0.4, -0.2) is 293 Å². The highest BCUT2D eigenvalue weighted by molar-refractivity contribution is 8.00. The number of carbonyl (C=O) groups is 19. The lowest BCUT2D eigenvalue weighted by molar-refractivity contribution is -0.149. The van der Waals surface area contributed by atoms with E-state index in [9.17, 15) is 53.0 Å². The summed E-state index contributed by atoms with van der Waals surface area (Å²) in [4.78, 5) is 290. The Labute approximate surface area is 837 Å². The second-order valence-electron chi connectivity index (χ2n) is 40.8. The molecule has 6 heterocycles. The fourth-order valence-electron chi connectivity index (χ4n) is 18.6. The van der Waals surface area contributed by atoms with E-state index in [1.54, 1.807) is 124 Å². The number of carbonyl (C=O) groups excluding carboxylic acids is 17. The Bertz CT molecular complexity index is 5420. The molecule has 0 spiro atoms. The summed E-state index contributed by atoms with van der Waals surface area (Å²) >= 11 is 0.818. The van der Waals surface area contributed by atoms with Gasteiger partial charge in [0.05, 0.1) is 12.2 Å². The molecule has 16 amide bonds. The summed E-state index contributed by atoms with van der Waals surface area (Å²) < 4.78 is 16.0. The Kier molecular flexibility index (Phi) is 41.7. The Hall–Kier alpha value is -12.9. The zero-order valence-electron chi connectivity index (χ0n) is 84.5. The van der Waals surface area contributed by atoms with Gasteiger partial charge in [0.25, 0.3) is 0 Å². The number of piperidine rings is 1. The smallest absolute Gasteiger partial charge is 0.323 e. The van der Waals surface area contributed by atoms with Crippen LogP contribution in [0.3, 0.4) is 0 Å². The third-order valence-electron chi connectivity index (χ3n) is 26.6. The SMILES string of the molecule is CCCC[C@H]1C(=O)N(C)[C@@H](CCCC)C(=O)N[C@@H](CC(C)C)C(=O)N[C@H](C(N)=O)CSCC(=O)N[C@@H](Cc2ccc(F)cc2)C(=O)N2CCCC[C@H]2C(=O)N[C@@H](CC(=O)O)C(=O)N2CCC[C@H]2C(=O)N[C@@H](CCC(=O)C(C)(C)C)C(=O)N[C@@H](CC(C)C)C(=O)N2CCC[C@H]2C(=O)N[C@@H](Cc2c[nH]c3ccccc23)C(=O)N[C@@H](CCNC(=O)C(C)(C)C)C(=O)N[C@@H](Cc2cn(CC(=O)O)c3ccccc23)C(=O)N1C. The molecule has 0 radical (unpaired) electrons. The minimum atomic E-state index is -1.88. The summed E-state index contributed by atoms with van der Waals surface area (Å²) in [7, 11) is 2.73. The average molecular weight is 2010 g/mol. The number of H-pyrrole nitrogens is 1. The largest absolute Gasteiger partial charge is 0.481 e. The molecule has 0 aliphatic carbocycles. The third-order valence-corrected chi connectivity index (χ3v) is 27.6. The van der Waals surface area contributed by atoms with Crippen molar-refractivity contribution in [2.24, 2.45) is 28.4 Å². The summed E-state index contributed by atoms with van der Waals surface area (Å²) in [5.41, 5.74) is 6.34. The fraction of sp³-hybridized carbons (Fsp3) is 0.598. The number of amides is 16. The lowest BCUT2D eigenvalue weighted by atomic mass is 9.87. The van der Waals surface area contributed by atoms with Gasteiger partial charge < -0.3 is 103 Å². The first kappa shape index (κ1) is 114.